The molecule has 1 aromatic carbocycles. The molecule has 0 bridgehead atoms. The molecule has 0 aliphatic carbocycles. The van der Waals surface area contributed by atoms with Gasteiger partial charge in [0.15, 0.2) is 0 Å². The van der Waals surface area contributed by atoms with Crippen molar-refractivity contribution in [3.8, 4) is 0 Å². The van der Waals surface area contributed by atoms with Crippen LogP contribution in [0.3, 0.4) is 0 Å². The van der Waals surface area contributed by atoms with Gasteiger partial charge >= 0.3 is 0 Å². The Bertz CT molecular complexity index is 570. The van der Waals surface area contributed by atoms with Crippen molar-refractivity contribution in [2.24, 2.45) is 0 Å². The Hall–Kier alpha value is -2.40. The fourth-order valence-corrected chi connectivity index (χ4v) is 1.94. The summed E-state index contributed by atoms with van der Waals surface area (Å²) in [4.78, 5) is 16.1. The fourth-order valence-electron chi connectivity index (χ4n) is 1.94. The van der Waals surface area contributed by atoms with Gasteiger partial charge in [0.25, 0.3) is 5.91 Å². The minimum atomic E-state index is -0.113. The maximum Gasteiger partial charge on any atom is 0.252 e. The van der Waals surface area contributed by atoms with E-state index in [1.54, 1.807) is 19.4 Å². The van der Waals surface area contributed by atoms with Crippen LogP contribution in [0.5, 0.6) is 0 Å². The number of nitrogens with one attached hydrogen (secondary N) is 2. The maximum absolute atomic E-state index is 11.9. The molecule has 116 valence electrons. The van der Waals surface area contributed by atoms with Crippen molar-refractivity contribution in [3.63, 3.8) is 0 Å². The van der Waals surface area contributed by atoms with Crippen molar-refractivity contribution < 1.29 is 9.53 Å². The third-order valence-corrected chi connectivity index (χ3v) is 3.15. The molecule has 0 unspecified atom stereocenters. The number of carbonyl (C=O) groups is 1. The summed E-state index contributed by atoms with van der Waals surface area (Å²) < 4.78 is 4.94. The summed E-state index contributed by atoms with van der Waals surface area (Å²) in [5, 5.41) is 6.06. The number of anilines is 1. The van der Waals surface area contributed by atoms with Gasteiger partial charge in [-0.05, 0) is 24.1 Å². The number of aromatic nitrogens is 1. The van der Waals surface area contributed by atoms with Crippen LogP contribution in [0.1, 0.15) is 22.3 Å². The minimum absolute atomic E-state index is 0.113. The van der Waals surface area contributed by atoms with Gasteiger partial charge in [-0.1, -0.05) is 30.3 Å². The number of methoxy groups -OCH3 is 1. The molecule has 0 spiro atoms. The number of carbonyl (C=O) groups excluding carboxylic acids is 1. The number of hydrogen-bond acceptors (Lipinski definition) is 4. The Morgan fingerprint density at radius 3 is 2.68 bits per heavy atom. The van der Waals surface area contributed by atoms with E-state index in [0.29, 0.717) is 25.3 Å². The molecule has 1 amide bonds. The van der Waals surface area contributed by atoms with Crippen LogP contribution in [0, 0.1) is 0 Å². The van der Waals surface area contributed by atoms with Crippen LogP contribution < -0.4 is 10.6 Å². The Balaban J connectivity index is 1.81. The van der Waals surface area contributed by atoms with Crippen LogP contribution >= 0.6 is 0 Å². The van der Waals surface area contributed by atoms with Gasteiger partial charge in [0, 0.05) is 33.0 Å². The Morgan fingerprint density at radius 1 is 1.18 bits per heavy atom. The first-order chi connectivity index (χ1) is 10.8. The van der Waals surface area contributed by atoms with Gasteiger partial charge in [0.1, 0.15) is 5.82 Å². The summed E-state index contributed by atoms with van der Waals surface area (Å²) in [6.07, 6.45) is 2.38. The zero-order chi connectivity index (χ0) is 15.6. The van der Waals surface area contributed by atoms with E-state index in [2.05, 4.69) is 27.8 Å². The largest absolute Gasteiger partial charge is 0.385 e. The smallest absolute Gasteiger partial charge is 0.252 e. The van der Waals surface area contributed by atoms with Gasteiger partial charge in [-0.25, -0.2) is 4.98 Å². The average Bonchev–Trinajstić information content (AvgIpc) is 2.58. The molecule has 0 saturated carbocycles. The van der Waals surface area contributed by atoms with Crippen molar-refractivity contribution in [1.82, 2.24) is 10.3 Å². The fraction of sp³-hybridized carbons (Fsp3) is 0.294. The third-order valence-electron chi connectivity index (χ3n) is 3.15. The molecule has 0 fully saturated rings. The summed E-state index contributed by atoms with van der Waals surface area (Å²) in [6.45, 7) is 1.94. The van der Waals surface area contributed by atoms with Crippen molar-refractivity contribution >= 4 is 11.7 Å². The molecule has 2 aromatic rings. The molecule has 1 heterocycles. The number of rotatable bonds is 8. The number of ether oxygens (including phenoxy) is 1. The summed E-state index contributed by atoms with van der Waals surface area (Å²) in [5.41, 5.74) is 1.74. The quantitative estimate of drug-likeness (QED) is 0.735. The predicted molar refractivity (Wildman–Crippen MR) is 86.8 cm³/mol. The maximum atomic E-state index is 11.9. The summed E-state index contributed by atoms with van der Waals surface area (Å²) >= 11 is 0. The van der Waals surface area contributed by atoms with E-state index in [9.17, 15) is 4.79 Å². The molecule has 0 atom stereocenters. The van der Waals surface area contributed by atoms with Crippen LogP contribution in [0.2, 0.25) is 0 Å². The van der Waals surface area contributed by atoms with E-state index in [1.807, 2.05) is 24.3 Å². The van der Waals surface area contributed by atoms with Gasteiger partial charge < -0.3 is 15.4 Å². The lowest BCUT2D eigenvalue weighted by molar-refractivity contribution is 0.0948. The molecule has 2 rings (SSSR count). The average molecular weight is 299 g/mol. The van der Waals surface area contributed by atoms with Crippen molar-refractivity contribution in [1.29, 1.82) is 0 Å². The van der Waals surface area contributed by atoms with Gasteiger partial charge in [0.2, 0.25) is 0 Å². The van der Waals surface area contributed by atoms with Crippen LogP contribution in [0.25, 0.3) is 0 Å². The first kappa shape index (κ1) is 16.0. The number of nitrogens with zero attached hydrogens (tertiary/aromatic N) is 1. The molecular formula is C17H21N3O2. The number of pyridine rings is 1. The van der Waals surface area contributed by atoms with E-state index in [4.69, 9.17) is 4.74 Å². The normalized spacial score (nSPS) is 10.2. The topological polar surface area (TPSA) is 63.2 Å². The van der Waals surface area contributed by atoms with Crippen LogP contribution in [-0.4, -0.2) is 31.2 Å². The Morgan fingerprint density at radius 2 is 2.00 bits per heavy atom. The lowest BCUT2D eigenvalue weighted by Crippen LogP contribution is -2.25. The van der Waals surface area contributed by atoms with Crippen LogP contribution in [-0.2, 0) is 11.3 Å². The van der Waals surface area contributed by atoms with Crippen LogP contribution in [0.15, 0.2) is 48.7 Å². The molecule has 1 aromatic heterocycles. The van der Waals surface area contributed by atoms with E-state index < -0.39 is 0 Å². The molecular weight excluding hydrogens is 278 g/mol. The van der Waals surface area contributed by atoms with Gasteiger partial charge in [0.05, 0.1) is 5.56 Å². The van der Waals surface area contributed by atoms with Gasteiger partial charge in [-0.3, -0.25) is 4.79 Å². The Kier molecular flexibility index (Phi) is 6.39. The van der Waals surface area contributed by atoms with Gasteiger partial charge in [-0.15, -0.1) is 0 Å². The molecule has 0 radical (unpaired) electrons. The van der Waals surface area contributed by atoms with E-state index >= 15 is 0 Å². The molecule has 22 heavy (non-hydrogen) atoms. The molecule has 5 nitrogen and oxygen atoms in total. The summed E-state index contributed by atoms with van der Waals surface area (Å²) in [5.74, 6) is 0.637. The monoisotopic (exact) mass is 299 g/mol. The highest BCUT2D eigenvalue weighted by Crippen LogP contribution is 2.07. The van der Waals surface area contributed by atoms with Crippen molar-refractivity contribution in [2.45, 2.75) is 13.0 Å². The van der Waals surface area contributed by atoms with E-state index in [1.165, 1.54) is 5.56 Å². The highest BCUT2D eigenvalue weighted by Gasteiger charge is 2.05. The predicted octanol–water partition coefficient (Wildman–Crippen LogP) is 2.46. The number of hydrogen-bond donors (Lipinski definition) is 2. The summed E-state index contributed by atoms with van der Waals surface area (Å²) in [6, 6.07) is 13.7. The molecule has 2 N–H and O–H groups in total. The van der Waals surface area contributed by atoms with Crippen molar-refractivity contribution in [2.75, 3.05) is 25.6 Å². The SMILES string of the molecule is COCCCNC(=O)c1ccc(NCc2ccccc2)nc1. The van der Waals surface area contributed by atoms with Crippen LogP contribution in [0.4, 0.5) is 5.82 Å². The van der Waals surface area contributed by atoms with Crippen molar-refractivity contribution in [3.05, 3.63) is 59.8 Å². The third kappa shape index (κ3) is 5.18. The number of benzene rings is 1. The second kappa shape index (κ2) is 8.79. The number of amides is 1. The van der Waals surface area contributed by atoms with E-state index in [0.717, 1.165) is 12.2 Å². The second-order valence-electron chi connectivity index (χ2n) is 4.87. The first-order valence-corrected chi connectivity index (χ1v) is 7.30. The van der Waals surface area contributed by atoms with Gasteiger partial charge in [-0.2, -0.15) is 0 Å². The second-order valence-corrected chi connectivity index (χ2v) is 4.87. The molecule has 5 heteroatoms. The highest BCUT2D eigenvalue weighted by molar-refractivity contribution is 5.94. The lowest BCUT2D eigenvalue weighted by Gasteiger charge is -2.07. The van der Waals surface area contributed by atoms with E-state index in [-0.39, 0.29) is 5.91 Å². The minimum Gasteiger partial charge on any atom is -0.385 e. The first-order valence-electron chi connectivity index (χ1n) is 7.30. The zero-order valence-corrected chi connectivity index (χ0v) is 12.7. The molecule has 0 aliphatic heterocycles. The molecule has 0 saturated heterocycles. The standard InChI is InChI=1S/C17H21N3O2/c1-22-11-5-10-18-17(21)15-8-9-16(20-13-15)19-12-14-6-3-2-4-7-14/h2-4,6-9,13H,5,10-12H2,1H3,(H,18,21)(H,19,20). The highest BCUT2D eigenvalue weighted by atomic mass is 16.5. The molecule has 0 aliphatic rings. The zero-order valence-electron chi connectivity index (χ0n) is 12.7. The Labute approximate surface area is 130 Å². The lowest BCUT2D eigenvalue weighted by atomic mass is 10.2. The summed E-state index contributed by atoms with van der Waals surface area (Å²) in [7, 11) is 1.65.